The van der Waals surface area contributed by atoms with E-state index in [9.17, 15) is 31.2 Å². The number of alkyl halides is 3. The quantitative estimate of drug-likeness (QED) is 0.531. The lowest BCUT2D eigenvalue weighted by Crippen LogP contribution is -2.46. The molecule has 1 aromatic rings. The summed E-state index contributed by atoms with van der Waals surface area (Å²) in [6.07, 6.45) is 3.04. The number of hydrogen-bond acceptors (Lipinski definition) is 5. The number of halogens is 3. The Labute approximate surface area is 201 Å². The summed E-state index contributed by atoms with van der Waals surface area (Å²) in [5, 5.41) is 20.6. The maximum Gasteiger partial charge on any atom is 0.416 e. The molecule has 1 atom stereocenters. The van der Waals surface area contributed by atoms with Crippen LogP contribution in [-0.4, -0.2) is 66.8 Å². The van der Waals surface area contributed by atoms with Gasteiger partial charge >= 0.3 is 18.1 Å². The molecule has 0 saturated carbocycles. The number of sulfonamides is 1. The van der Waals surface area contributed by atoms with E-state index in [1.807, 2.05) is 0 Å². The van der Waals surface area contributed by atoms with Crippen molar-refractivity contribution in [3.63, 3.8) is 0 Å². The van der Waals surface area contributed by atoms with Crippen molar-refractivity contribution >= 4 is 28.0 Å². The second-order valence-corrected chi connectivity index (χ2v) is 10.2. The van der Waals surface area contributed by atoms with Crippen molar-refractivity contribution in [2.75, 3.05) is 31.9 Å². The minimum atomic E-state index is -4.37. The number of carbonyl (C=O) groups is 2. The van der Waals surface area contributed by atoms with Gasteiger partial charge in [-0.3, -0.25) is 4.79 Å². The van der Waals surface area contributed by atoms with Crippen molar-refractivity contribution in [3.8, 4) is 0 Å². The second-order valence-electron chi connectivity index (χ2n) is 8.21. The number of nitrogens with zero attached hydrogens (tertiary/aromatic N) is 1. The number of carboxylic acids is 2. The molecule has 0 spiro atoms. The Bertz CT molecular complexity index is 1110. The van der Waals surface area contributed by atoms with Gasteiger partial charge in [-0.15, -0.1) is 0 Å². The predicted octanol–water partition coefficient (Wildman–Crippen LogP) is 3.00. The molecule has 3 N–H and O–H groups in total. The van der Waals surface area contributed by atoms with Crippen LogP contribution in [0.25, 0.3) is 6.08 Å². The van der Waals surface area contributed by atoms with Crippen molar-refractivity contribution in [1.29, 1.82) is 0 Å². The van der Waals surface area contributed by atoms with Gasteiger partial charge in [-0.05, 0) is 31.0 Å². The summed E-state index contributed by atoms with van der Waals surface area (Å²) in [5.41, 5.74) is -1.14. The van der Waals surface area contributed by atoms with E-state index in [0.717, 1.165) is 12.1 Å². The fourth-order valence-corrected chi connectivity index (χ4v) is 4.59. The van der Waals surface area contributed by atoms with Gasteiger partial charge in [-0.25, -0.2) is 13.2 Å². The molecular weight excluding hydrogens is 489 g/mol. The maximum absolute atomic E-state index is 12.4. The van der Waals surface area contributed by atoms with E-state index in [4.69, 9.17) is 10.2 Å². The summed E-state index contributed by atoms with van der Waals surface area (Å²) in [4.78, 5) is 21.3. The van der Waals surface area contributed by atoms with Gasteiger partial charge < -0.3 is 15.5 Å². The molecule has 3 rings (SSSR count). The Hall–Kier alpha value is -2.96. The molecule has 192 valence electrons. The van der Waals surface area contributed by atoms with Gasteiger partial charge in [0.25, 0.3) is 0 Å². The van der Waals surface area contributed by atoms with Crippen LogP contribution in [0.1, 0.15) is 24.5 Å². The number of aliphatic carboxylic acids is 2. The number of nitrogens with one attached hydrogen (secondary N) is 1. The highest BCUT2D eigenvalue weighted by atomic mass is 32.2. The van der Waals surface area contributed by atoms with Crippen molar-refractivity contribution in [1.82, 2.24) is 9.62 Å². The molecule has 0 aromatic heterocycles. The van der Waals surface area contributed by atoms with Crippen LogP contribution in [-0.2, 0) is 25.8 Å². The van der Waals surface area contributed by atoms with Crippen LogP contribution in [0.4, 0.5) is 13.2 Å². The zero-order chi connectivity index (χ0) is 26.3. The first-order chi connectivity index (χ1) is 16.2. The number of carboxylic acid groups (broad SMARTS) is 2. The number of rotatable bonds is 6. The monoisotopic (exact) mass is 516 g/mol. The highest BCUT2D eigenvalue weighted by molar-refractivity contribution is 7.89. The second kappa shape index (κ2) is 11.6. The van der Waals surface area contributed by atoms with Crippen LogP contribution >= 0.6 is 0 Å². The Balaban J connectivity index is 0.000000283. The lowest BCUT2D eigenvalue weighted by molar-refractivity contribution is -0.145. The van der Waals surface area contributed by atoms with Crippen molar-refractivity contribution in [2.24, 2.45) is 5.41 Å². The van der Waals surface area contributed by atoms with Crippen molar-refractivity contribution < 1.29 is 41.4 Å². The van der Waals surface area contributed by atoms with E-state index in [-0.39, 0.29) is 17.7 Å². The zero-order valence-electron chi connectivity index (χ0n) is 19.0. The van der Waals surface area contributed by atoms with E-state index in [1.165, 1.54) is 53.7 Å². The molecular formula is C23H27F3N2O6S. The summed E-state index contributed by atoms with van der Waals surface area (Å²) >= 11 is 0. The van der Waals surface area contributed by atoms with Gasteiger partial charge in [0.1, 0.15) is 0 Å². The third-order valence-electron chi connectivity index (χ3n) is 5.41. The van der Waals surface area contributed by atoms with Gasteiger partial charge in [0.15, 0.2) is 0 Å². The van der Waals surface area contributed by atoms with Crippen molar-refractivity contribution in [3.05, 3.63) is 65.3 Å². The van der Waals surface area contributed by atoms with Gasteiger partial charge in [0, 0.05) is 31.8 Å². The van der Waals surface area contributed by atoms with Crippen LogP contribution in [0.5, 0.6) is 0 Å². The number of allylic oxidation sites excluding steroid dienone is 2. The molecule has 1 fully saturated rings. The summed E-state index contributed by atoms with van der Waals surface area (Å²) < 4.78 is 62.8. The lowest BCUT2D eigenvalue weighted by atomic mass is 9.80. The molecule has 0 amide bonds. The third kappa shape index (κ3) is 8.34. The average Bonchev–Trinajstić information content (AvgIpc) is 2.80. The molecule has 1 aliphatic heterocycles. The van der Waals surface area contributed by atoms with E-state index in [1.54, 1.807) is 0 Å². The first-order valence-electron chi connectivity index (χ1n) is 10.6. The van der Waals surface area contributed by atoms with E-state index in [0.29, 0.717) is 31.7 Å². The smallest absolute Gasteiger partial charge is 0.416 e. The molecule has 2 aliphatic rings. The molecule has 1 saturated heterocycles. The van der Waals surface area contributed by atoms with Crippen LogP contribution < -0.4 is 5.32 Å². The fraction of sp³-hybridized carbons (Fsp3) is 0.391. The Morgan fingerprint density at radius 2 is 1.74 bits per heavy atom. The SMILES string of the molecule is C[C@]1(C(=O)O)C=CC=C(C(=O)O)C1.O=S(=O)(CC=Cc1ccc(C(F)(F)F)cc1)N1CCNCC1. The van der Waals surface area contributed by atoms with Crippen LogP contribution in [0.2, 0.25) is 0 Å². The molecule has 1 aliphatic carbocycles. The minimum Gasteiger partial charge on any atom is -0.481 e. The standard InChI is InChI=1S/C14H17F3N2O2S.C9H10O4/c15-14(16,17)13-5-3-12(4-6-13)2-1-11-22(20,21)19-9-7-18-8-10-19;1-9(8(12)13)4-2-3-6(5-9)7(10)11/h1-6,18H,7-11H2;2-4H,5H2,1H3,(H,10,11)(H,12,13)/t;9-/m.0/s1. The Kier molecular flexibility index (Phi) is 9.41. The maximum atomic E-state index is 12.4. The summed E-state index contributed by atoms with van der Waals surface area (Å²) in [6.45, 7) is 3.64. The predicted molar refractivity (Wildman–Crippen MR) is 124 cm³/mol. The Morgan fingerprint density at radius 1 is 1.14 bits per heavy atom. The van der Waals surface area contributed by atoms with Crippen LogP contribution in [0, 0.1) is 5.41 Å². The summed E-state index contributed by atoms with van der Waals surface area (Å²) in [5.74, 6) is -2.22. The largest absolute Gasteiger partial charge is 0.481 e. The van der Waals surface area contributed by atoms with Crippen molar-refractivity contribution in [2.45, 2.75) is 19.5 Å². The first-order valence-corrected chi connectivity index (χ1v) is 12.2. The van der Waals surface area contributed by atoms with Crippen LogP contribution in [0.15, 0.2) is 54.1 Å². The highest BCUT2D eigenvalue weighted by Gasteiger charge is 2.34. The molecule has 0 bridgehead atoms. The van der Waals surface area contributed by atoms with E-state index in [2.05, 4.69) is 5.32 Å². The average molecular weight is 517 g/mol. The fourth-order valence-electron chi connectivity index (χ4n) is 3.30. The van der Waals surface area contributed by atoms with Crippen LogP contribution in [0.3, 0.4) is 0 Å². The van der Waals surface area contributed by atoms with Gasteiger partial charge in [-0.1, -0.05) is 42.5 Å². The van der Waals surface area contributed by atoms with Gasteiger partial charge in [-0.2, -0.15) is 17.5 Å². The Morgan fingerprint density at radius 3 is 2.26 bits per heavy atom. The molecule has 35 heavy (non-hydrogen) atoms. The molecule has 1 aromatic carbocycles. The topological polar surface area (TPSA) is 124 Å². The lowest BCUT2D eigenvalue weighted by Gasteiger charge is -2.26. The molecule has 0 unspecified atom stereocenters. The molecule has 1 heterocycles. The molecule has 12 heteroatoms. The zero-order valence-corrected chi connectivity index (χ0v) is 19.8. The minimum absolute atomic E-state index is 0.0359. The number of piperazine rings is 1. The number of hydrogen-bond donors (Lipinski definition) is 3. The first kappa shape index (κ1) is 28.3. The van der Waals surface area contributed by atoms with Gasteiger partial charge in [0.2, 0.25) is 10.0 Å². The molecule has 8 nitrogen and oxygen atoms in total. The third-order valence-corrected chi connectivity index (χ3v) is 7.17. The van der Waals surface area contributed by atoms with Gasteiger partial charge in [0.05, 0.1) is 16.7 Å². The van der Waals surface area contributed by atoms with E-state index >= 15 is 0 Å². The molecule has 0 radical (unpaired) electrons. The summed E-state index contributed by atoms with van der Waals surface area (Å²) in [6, 6.07) is 4.59. The van der Waals surface area contributed by atoms with E-state index < -0.39 is 39.1 Å². The summed E-state index contributed by atoms with van der Waals surface area (Å²) in [7, 11) is -3.36. The number of benzene rings is 1. The normalized spacial score (nSPS) is 21.2. The highest BCUT2D eigenvalue weighted by Crippen LogP contribution is 2.31.